The molecule has 0 fully saturated rings. The third-order valence-electron chi connectivity index (χ3n) is 3.08. The van der Waals surface area contributed by atoms with Crippen LogP contribution in [0.3, 0.4) is 0 Å². The van der Waals surface area contributed by atoms with E-state index in [1.165, 1.54) is 0 Å². The highest BCUT2D eigenvalue weighted by molar-refractivity contribution is 9.10. The maximum Gasteiger partial charge on any atom is 0.0934 e. The van der Waals surface area contributed by atoms with Crippen LogP contribution in [0.2, 0.25) is 10.0 Å². The van der Waals surface area contributed by atoms with Crippen LogP contribution in [-0.4, -0.2) is 4.98 Å². The van der Waals surface area contributed by atoms with E-state index < -0.39 is 0 Å². The molecule has 3 aromatic rings. The molecule has 1 heterocycles. The predicted octanol–water partition coefficient (Wildman–Crippen LogP) is 5.92. The van der Waals surface area contributed by atoms with E-state index in [1.807, 2.05) is 36.4 Å². The number of nitrogens with zero attached hydrogens (tertiary/aromatic N) is 1. The summed E-state index contributed by atoms with van der Waals surface area (Å²) in [6, 6.07) is 13.6. The molecule has 0 aliphatic rings. The van der Waals surface area contributed by atoms with Gasteiger partial charge in [0.05, 0.1) is 11.2 Å². The van der Waals surface area contributed by atoms with Crippen molar-refractivity contribution in [2.45, 2.75) is 6.54 Å². The van der Waals surface area contributed by atoms with Gasteiger partial charge in [-0.1, -0.05) is 35.3 Å². The Morgan fingerprint density at radius 2 is 1.81 bits per heavy atom. The Balaban J connectivity index is 1.88. The number of hydrogen-bond acceptors (Lipinski definition) is 2. The number of aromatic nitrogens is 1. The van der Waals surface area contributed by atoms with Gasteiger partial charge < -0.3 is 5.32 Å². The van der Waals surface area contributed by atoms with Crippen molar-refractivity contribution in [3.05, 3.63) is 68.7 Å². The van der Waals surface area contributed by atoms with Gasteiger partial charge in [0, 0.05) is 32.6 Å². The van der Waals surface area contributed by atoms with E-state index in [4.69, 9.17) is 23.2 Å². The van der Waals surface area contributed by atoms with Gasteiger partial charge in [0.2, 0.25) is 0 Å². The third kappa shape index (κ3) is 3.49. The molecule has 0 unspecified atom stereocenters. The molecule has 5 heteroatoms. The van der Waals surface area contributed by atoms with Crippen molar-refractivity contribution >= 4 is 55.7 Å². The Bertz CT molecular complexity index is 785. The molecule has 2 aromatic carbocycles. The van der Waals surface area contributed by atoms with E-state index in [9.17, 15) is 0 Å². The van der Waals surface area contributed by atoms with Crippen LogP contribution in [0.15, 0.2) is 53.1 Å². The number of fused-ring (bicyclic) bond motifs is 1. The van der Waals surface area contributed by atoms with Gasteiger partial charge >= 0.3 is 0 Å². The third-order valence-corrected chi connectivity index (χ3v) is 3.95. The Labute approximate surface area is 141 Å². The van der Waals surface area contributed by atoms with Crippen LogP contribution in [0.4, 0.5) is 5.69 Å². The first kappa shape index (κ1) is 14.6. The molecule has 0 saturated heterocycles. The summed E-state index contributed by atoms with van der Waals surface area (Å²) in [7, 11) is 0. The summed E-state index contributed by atoms with van der Waals surface area (Å²) in [6.07, 6.45) is 1.80. The molecule has 3 rings (SSSR count). The van der Waals surface area contributed by atoms with Gasteiger partial charge in [-0.25, -0.2) is 0 Å². The molecule has 0 spiro atoms. The van der Waals surface area contributed by atoms with Crippen LogP contribution >= 0.6 is 39.1 Å². The van der Waals surface area contributed by atoms with Crippen LogP contribution < -0.4 is 5.32 Å². The zero-order chi connectivity index (χ0) is 14.8. The standard InChI is InChI=1S/C16H11BrCl2N2/c17-12-6-11-2-1-3-15(16(11)21-9-12)20-8-10-4-13(18)7-14(19)5-10/h1-7,9,20H,8H2. The minimum Gasteiger partial charge on any atom is -0.379 e. The van der Waals surface area contributed by atoms with E-state index in [0.717, 1.165) is 26.6 Å². The monoisotopic (exact) mass is 380 g/mol. The topological polar surface area (TPSA) is 24.9 Å². The number of hydrogen-bond donors (Lipinski definition) is 1. The van der Waals surface area contributed by atoms with E-state index in [1.54, 1.807) is 12.3 Å². The van der Waals surface area contributed by atoms with Crippen molar-refractivity contribution in [2.75, 3.05) is 5.32 Å². The Kier molecular flexibility index (Phi) is 4.34. The van der Waals surface area contributed by atoms with Gasteiger partial charge in [-0.2, -0.15) is 0 Å². The molecular weight excluding hydrogens is 371 g/mol. The molecule has 0 atom stereocenters. The van der Waals surface area contributed by atoms with Crippen LogP contribution in [-0.2, 0) is 6.54 Å². The van der Waals surface area contributed by atoms with E-state index in [2.05, 4.69) is 26.2 Å². The maximum absolute atomic E-state index is 6.01. The maximum atomic E-state index is 6.01. The Hall–Kier alpha value is -1.29. The summed E-state index contributed by atoms with van der Waals surface area (Å²) < 4.78 is 0.966. The van der Waals surface area contributed by atoms with E-state index in [0.29, 0.717) is 16.6 Å². The highest BCUT2D eigenvalue weighted by atomic mass is 79.9. The number of para-hydroxylation sites is 1. The summed E-state index contributed by atoms with van der Waals surface area (Å²) >= 11 is 15.5. The molecule has 106 valence electrons. The van der Waals surface area contributed by atoms with Crippen molar-refractivity contribution in [2.24, 2.45) is 0 Å². The van der Waals surface area contributed by atoms with Crippen LogP contribution in [0, 0.1) is 0 Å². The summed E-state index contributed by atoms with van der Waals surface area (Å²) in [4.78, 5) is 4.47. The lowest BCUT2D eigenvalue weighted by atomic mass is 10.1. The predicted molar refractivity (Wildman–Crippen MR) is 93.2 cm³/mol. The second-order valence-corrected chi connectivity index (χ2v) is 6.45. The first-order chi connectivity index (χ1) is 10.1. The largest absolute Gasteiger partial charge is 0.379 e. The fourth-order valence-electron chi connectivity index (χ4n) is 2.19. The molecule has 0 bridgehead atoms. The fourth-order valence-corrected chi connectivity index (χ4v) is 3.11. The van der Waals surface area contributed by atoms with Gasteiger partial charge in [-0.05, 0) is 51.8 Å². The number of pyridine rings is 1. The highest BCUT2D eigenvalue weighted by Crippen LogP contribution is 2.25. The fraction of sp³-hybridized carbons (Fsp3) is 0.0625. The van der Waals surface area contributed by atoms with Crippen molar-refractivity contribution in [1.29, 1.82) is 0 Å². The lowest BCUT2D eigenvalue weighted by Crippen LogP contribution is -2.00. The second kappa shape index (κ2) is 6.22. The van der Waals surface area contributed by atoms with Gasteiger partial charge in [-0.3, -0.25) is 4.98 Å². The quantitative estimate of drug-likeness (QED) is 0.609. The van der Waals surface area contributed by atoms with Crippen LogP contribution in [0.5, 0.6) is 0 Å². The van der Waals surface area contributed by atoms with Crippen molar-refractivity contribution in [3.63, 3.8) is 0 Å². The number of halogens is 3. The molecule has 0 aliphatic heterocycles. The van der Waals surface area contributed by atoms with Gasteiger partial charge in [0.1, 0.15) is 0 Å². The average molecular weight is 382 g/mol. The van der Waals surface area contributed by atoms with Crippen molar-refractivity contribution < 1.29 is 0 Å². The Morgan fingerprint density at radius 1 is 1.05 bits per heavy atom. The summed E-state index contributed by atoms with van der Waals surface area (Å²) in [5.41, 5.74) is 2.95. The lowest BCUT2D eigenvalue weighted by molar-refractivity contribution is 1.15. The van der Waals surface area contributed by atoms with Crippen molar-refractivity contribution in [3.8, 4) is 0 Å². The Morgan fingerprint density at radius 3 is 2.57 bits per heavy atom. The highest BCUT2D eigenvalue weighted by Gasteiger charge is 2.04. The zero-order valence-corrected chi connectivity index (χ0v) is 14.0. The van der Waals surface area contributed by atoms with Gasteiger partial charge in [0.25, 0.3) is 0 Å². The second-order valence-electron chi connectivity index (χ2n) is 4.66. The first-order valence-electron chi connectivity index (χ1n) is 6.35. The number of benzene rings is 2. The molecule has 2 nitrogen and oxygen atoms in total. The number of rotatable bonds is 3. The normalized spacial score (nSPS) is 10.8. The lowest BCUT2D eigenvalue weighted by Gasteiger charge is -2.10. The molecule has 0 amide bonds. The molecule has 0 aliphatic carbocycles. The molecular formula is C16H11BrCl2N2. The average Bonchev–Trinajstić information content (AvgIpc) is 2.43. The molecule has 21 heavy (non-hydrogen) atoms. The summed E-state index contributed by atoms with van der Waals surface area (Å²) in [5, 5.41) is 5.74. The molecule has 1 aromatic heterocycles. The minimum absolute atomic E-state index is 0.636. The molecule has 0 radical (unpaired) electrons. The smallest absolute Gasteiger partial charge is 0.0934 e. The van der Waals surface area contributed by atoms with Gasteiger partial charge in [0.15, 0.2) is 0 Å². The molecule has 0 saturated carbocycles. The van der Waals surface area contributed by atoms with Crippen LogP contribution in [0.25, 0.3) is 10.9 Å². The first-order valence-corrected chi connectivity index (χ1v) is 7.90. The van der Waals surface area contributed by atoms with E-state index >= 15 is 0 Å². The van der Waals surface area contributed by atoms with E-state index in [-0.39, 0.29) is 0 Å². The minimum atomic E-state index is 0.636. The zero-order valence-electron chi connectivity index (χ0n) is 10.9. The number of anilines is 1. The van der Waals surface area contributed by atoms with Crippen molar-refractivity contribution in [1.82, 2.24) is 4.98 Å². The summed E-state index contributed by atoms with van der Waals surface area (Å²) in [5.74, 6) is 0. The van der Waals surface area contributed by atoms with Gasteiger partial charge in [-0.15, -0.1) is 0 Å². The molecule has 1 N–H and O–H groups in total. The SMILES string of the molecule is Clc1cc(Cl)cc(CNc2cccc3cc(Br)cnc23)c1. The summed E-state index contributed by atoms with van der Waals surface area (Å²) in [6.45, 7) is 0.636. The van der Waals surface area contributed by atoms with Crippen LogP contribution in [0.1, 0.15) is 5.56 Å². The number of nitrogens with one attached hydrogen (secondary N) is 1.